The highest BCUT2D eigenvalue weighted by Gasteiger charge is 2.33. The van der Waals surface area contributed by atoms with E-state index in [0.717, 1.165) is 29.0 Å². The van der Waals surface area contributed by atoms with Gasteiger partial charge in [-0.05, 0) is 35.9 Å². The number of halogens is 4. The molecule has 5 rings (SSSR count). The fourth-order valence-corrected chi connectivity index (χ4v) is 3.66. The SMILES string of the molecule is Cn1cc(-c2cnc3nc(OCc4ccc(Oc5ccc(Cl)c(C(F)(F)F)c5)cc4)ccn23)cn1. The quantitative estimate of drug-likeness (QED) is 0.279. The van der Waals surface area contributed by atoms with E-state index >= 15 is 0 Å². The minimum absolute atomic E-state index is 0.0357. The third-order valence-corrected chi connectivity index (χ3v) is 5.47. The van der Waals surface area contributed by atoms with Crippen molar-refractivity contribution in [3.05, 3.63) is 89.5 Å². The molecule has 2 aromatic carbocycles. The molecule has 0 spiro atoms. The van der Waals surface area contributed by atoms with Crippen LogP contribution in [0.2, 0.25) is 5.02 Å². The number of hydrogen-bond donors (Lipinski definition) is 0. The number of alkyl halides is 3. The molecule has 0 saturated carbocycles. The van der Waals surface area contributed by atoms with E-state index in [1.165, 1.54) is 6.07 Å². The second-order valence-electron chi connectivity index (χ2n) is 7.66. The van der Waals surface area contributed by atoms with Crippen molar-refractivity contribution < 1.29 is 22.6 Å². The molecule has 0 radical (unpaired) electrons. The topological polar surface area (TPSA) is 66.5 Å². The van der Waals surface area contributed by atoms with Crippen LogP contribution in [0, 0.1) is 0 Å². The average molecular weight is 500 g/mol. The van der Waals surface area contributed by atoms with Crippen molar-refractivity contribution >= 4 is 17.4 Å². The summed E-state index contributed by atoms with van der Waals surface area (Å²) in [5.41, 5.74) is 1.67. The lowest BCUT2D eigenvalue weighted by molar-refractivity contribution is -0.137. The summed E-state index contributed by atoms with van der Waals surface area (Å²) in [5, 5.41) is 3.80. The van der Waals surface area contributed by atoms with E-state index in [1.54, 1.807) is 47.4 Å². The van der Waals surface area contributed by atoms with Gasteiger partial charge >= 0.3 is 6.18 Å². The van der Waals surface area contributed by atoms with Crippen molar-refractivity contribution in [1.82, 2.24) is 24.1 Å². The smallest absolute Gasteiger partial charge is 0.417 e. The molecular formula is C24H17ClF3N5O2. The summed E-state index contributed by atoms with van der Waals surface area (Å²) in [7, 11) is 1.84. The number of aryl methyl sites for hydroxylation is 1. The van der Waals surface area contributed by atoms with E-state index in [9.17, 15) is 13.2 Å². The van der Waals surface area contributed by atoms with E-state index in [0.29, 0.717) is 17.4 Å². The maximum Gasteiger partial charge on any atom is 0.417 e. The van der Waals surface area contributed by atoms with Gasteiger partial charge in [-0.15, -0.1) is 0 Å². The van der Waals surface area contributed by atoms with Crippen LogP contribution >= 0.6 is 11.6 Å². The van der Waals surface area contributed by atoms with Gasteiger partial charge in [-0.25, -0.2) is 4.98 Å². The highest BCUT2D eigenvalue weighted by Crippen LogP contribution is 2.37. The molecule has 3 aromatic heterocycles. The molecular weight excluding hydrogens is 483 g/mol. The number of rotatable bonds is 6. The zero-order valence-corrected chi connectivity index (χ0v) is 19.0. The maximum absolute atomic E-state index is 13.0. The molecule has 0 aliphatic heterocycles. The first-order valence-electron chi connectivity index (χ1n) is 10.4. The first-order chi connectivity index (χ1) is 16.8. The van der Waals surface area contributed by atoms with Crippen molar-refractivity contribution in [1.29, 1.82) is 0 Å². The van der Waals surface area contributed by atoms with Crippen LogP contribution in [0.5, 0.6) is 17.4 Å². The Morgan fingerprint density at radius 3 is 2.49 bits per heavy atom. The molecule has 0 amide bonds. The van der Waals surface area contributed by atoms with Gasteiger partial charge in [0.05, 0.1) is 28.7 Å². The first kappa shape index (κ1) is 22.7. The van der Waals surface area contributed by atoms with Gasteiger partial charge in [-0.1, -0.05) is 23.7 Å². The summed E-state index contributed by atoms with van der Waals surface area (Å²) in [6.45, 7) is 0.235. The summed E-state index contributed by atoms with van der Waals surface area (Å²) < 4.78 is 54.0. The van der Waals surface area contributed by atoms with E-state index < -0.39 is 11.7 Å². The van der Waals surface area contributed by atoms with E-state index in [1.807, 2.05) is 23.8 Å². The van der Waals surface area contributed by atoms with Crippen LogP contribution in [-0.4, -0.2) is 24.1 Å². The molecule has 7 nitrogen and oxygen atoms in total. The minimum Gasteiger partial charge on any atom is -0.473 e. The Morgan fingerprint density at radius 2 is 1.77 bits per heavy atom. The molecule has 3 heterocycles. The Bertz CT molecular complexity index is 1500. The Labute approximate surface area is 202 Å². The Kier molecular flexibility index (Phi) is 5.81. The van der Waals surface area contributed by atoms with Crippen LogP contribution in [0.3, 0.4) is 0 Å². The van der Waals surface area contributed by atoms with Gasteiger partial charge in [0.25, 0.3) is 0 Å². The predicted octanol–water partition coefficient (Wildman–Crippen LogP) is 6.17. The van der Waals surface area contributed by atoms with Gasteiger partial charge in [0.15, 0.2) is 0 Å². The Morgan fingerprint density at radius 1 is 1.00 bits per heavy atom. The summed E-state index contributed by atoms with van der Waals surface area (Å²) in [4.78, 5) is 8.76. The second kappa shape index (κ2) is 8.95. The fourth-order valence-electron chi connectivity index (χ4n) is 3.43. The predicted molar refractivity (Wildman–Crippen MR) is 122 cm³/mol. The van der Waals surface area contributed by atoms with Crippen molar-refractivity contribution in [3.8, 4) is 28.6 Å². The molecule has 5 aromatic rings. The Hall–Kier alpha value is -4.05. The largest absolute Gasteiger partial charge is 0.473 e. The van der Waals surface area contributed by atoms with Gasteiger partial charge in [0, 0.05) is 31.1 Å². The van der Waals surface area contributed by atoms with Crippen molar-refractivity contribution in [2.75, 3.05) is 0 Å². The summed E-state index contributed by atoms with van der Waals surface area (Å²) in [6.07, 6.45) is 2.63. The molecule has 0 aliphatic carbocycles. The normalized spacial score (nSPS) is 11.7. The highest BCUT2D eigenvalue weighted by atomic mass is 35.5. The monoisotopic (exact) mass is 499 g/mol. The molecule has 0 N–H and O–H groups in total. The molecule has 0 atom stereocenters. The van der Waals surface area contributed by atoms with E-state index in [2.05, 4.69) is 15.1 Å². The molecule has 11 heteroatoms. The Balaban J connectivity index is 1.24. The number of hydrogen-bond acceptors (Lipinski definition) is 5. The molecule has 0 saturated heterocycles. The summed E-state index contributed by atoms with van der Waals surface area (Å²) in [6, 6.07) is 11.9. The van der Waals surface area contributed by atoms with Crippen LogP contribution in [0.15, 0.2) is 73.3 Å². The fraction of sp³-hybridized carbons (Fsp3) is 0.125. The first-order valence-corrected chi connectivity index (χ1v) is 10.7. The van der Waals surface area contributed by atoms with E-state index in [-0.39, 0.29) is 17.4 Å². The van der Waals surface area contributed by atoms with Gasteiger partial charge < -0.3 is 9.47 Å². The lowest BCUT2D eigenvalue weighted by Gasteiger charge is -2.12. The number of ether oxygens (including phenoxy) is 2. The van der Waals surface area contributed by atoms with Gasteiger partial charge in [0.2, 0.25) is 11.7 Å². The van der Waals surface area contributed by atoms with E-state index in [4.69, 9.17) is 21.1 Å². The van der Waals surface area contributed by atoms with Gasteiger partial charge in [-0.2, -0.15) is 23.3 Å². The van der Waals surface area contributed by atoms with Gasteiger partial charge in [0.1, 0.15) is 18.1 Å². The molecule has 178 valence electrons. The standard InChI is InChI=1S/C24H17ClF3N5O2/c1-32-13-16(11-30-32)21-12-29-23-31-22(8-9-33(21)23)34-14-15-2-4-17(5-3-15)35-18-6-7-20(25)19(10-18)24(26,27)28/h2-13H,14H2,1H3. The number of imidazole rings is 1. The number of fused-ring (bicyclic) bond motifs is 1. The van der Waals surface area contributed by atoms with Crippen LogP contribution in [0.1, 0.15) is 11.1 Å². The molecule has 0 unspecified atom stereocenters. The van der Waals surface area contributed by atoms with Crippen LogP contribution in [0.4, 0.5) is 13.2 Å². The molecule has 0 fully saturated rings. The maximum atomic E-state index is 13.0. The van der Waals surface area contributed by atoms with Crippen LogP contribution in [0.25, 0.3) is 17.0 Å². The molecule has 0 aliphatic rings. The van der Waals surface area contributed by atoms with Gasteiger partial charge in [-0.3, -0.25) is 9.08 Å². The minimum atomic E-state index is -4.56. The second-order valence-corrected chi connectivity index (χ2v) is 8.06. The summed E-state index contributed by atoms with van der Waals surface area (Å²) >= 11 is 5.65. The third kappa shape index (κ3) is 4.92. The zero-order valence-electron chi connectivity index (χ0n) is 18.2. The van der Waals surface area contributed by atoms with Crippen LogP contribution in [-0.2, 0) is 19.8 Å². The lowest BCUT2D eigenvalue weighted by atomic mass is 10.2. The highest BCUT2D eigenvalue weighted by molar-refractivity contribution is 6.31. The molecule has 35 heavy (non-hydrogen) atoms. The average Bonchev–Trinajstić information content (AvgIpc) is 3.44. The number of aromatic nitrogens is 5. The summed E-state index contributed by atoms with van der Waals surface area (Å²) in [5.74, 6) is 1.31. The van der Waals surface area contributed by atoms with Crippen molar-refractivity contribution in [2.24, 2.45) is 7.05 Å². The van der Waals surface area contributed by atoms with Crippen LogP contribution < -0.4 is 9.47 Å². The van der Waals surface area contributed by atoms with Crippen molar-refractivity contribution in [2.45, 2.75) is 12.8 Å². The van der Waals surface area contributed by atoms with Crippen molar-refractivity contribution in [3.63, 3.8) is 0 Å². The number of benzene rings is 2. The zero-order chi connectivity index (χ0) is 24.6. The molecule has 0 bridgehead atoms. The number of nitrogens with zero attached hydrogens (tertiary/aromatic N) is 5. The third-order valence-electron chi connectivity index (χ3n) is 5.14. The lowest BCUT2D eigenvalue weighted by Crippen LogP contribution is -2.05.